The molecule has 1 N–H and O–H groups in total. The number of nitrogens with zero attached hydrogens (tertiary/aromatic N) is 1. The SMILES string of the molecule is CC(C)NCC1CCCCN1c1ccccc1C(F)(F)F. The first-order valence-electron chi connectivity index (χ1n) is 7.56. The molecule has 2 rings (SSSR count). The Morgan fingerprint density at radius 3 is 2.62 bits per heavy atom. The fourth-order valence-electron chi connectivity index (χ4n) is 2.87. The zero-order valence-corrected chi connectivity index (χ0v) is 12.6. The van der Waals surface area contributed by atoms with Crippen molar-refractivity contribution in [2.24, 2.45) is 0 Å². The number of alkyl halides is 3. The molecule has 1 unspecified atom stereocenters. The Morgan fingerprint density at radius 1 is 1.24 bits per heavy atom. The van der Waals surface area contributed by atoms with Gasteiger partial charge in [-0.25, -0.2) is 0 Å². The number of para-hydroxylation sites is 1. The van der Waals surface area contributed by atoms with Crippen LogP contribution in [0.1, 0.15) is 38.7 Å². The molecule has 0 saturated carbocycles. The highest BCUT2D eigenvalue weighted by atomic mass is 19.4. The third-order valence-corrected chi connectivity index (χ3v) is 3.91. The molecule has 0 aromatic heterocycles. The maximum absolute atomic E-state index is 13.2. The molecule has 5 heteroatoms. The van der Waals surface area contributed by atoms with Crippen molar-refractivity contribution in [2.45, 2.75) is 51.4 Å². The summed E-state index contributed by atoms with van der Waals surface area (Å²) in [5, 5.41) is 3.35. The van der Waals surface area contributed by atoms with E-state index in [9.17, 15) is 13.2 Å². The predicted molar refractivity (Wildman–Crippen MR) is 79.6 cm³/mol. The van der Waals surface area contributed by atoms with Crippen LogP contribution in [0.15, 0.2) is 24.3 Å². The molecule has 1 aromatic rings. The van der Waals surface area contributed by atoms with E-state index in [-0.39, 0.29) is 6.04 Å². The molecule has 1 aromatic carbocycles. The summed E-state index contributed by atoms with van der Waals surface area (Å²) in [6.07, 6.45) is -1.34. The van der Waals surface area contributed by atoms with Crippen molar-refractivity contribution < 1.29 is 13.2 Å². The largest absolute Gasteiger partial charge is 0.418 e. The summed E-state index contributed by atoms with van der Waals surface area (Å²) in [7, 11) is 0. The van der Waals surface area contributed by atoms with Gasteiger partial charge in [-0.05, 0) is 31.4 Å². The van der Waals surface area contributed by atoms with Crippen LogP contribution < -0.4 is 10.2 Å². The molecule has 0 bridgehead atoms. The van der Waals surface area contributed by atoms with E-state index in [1.807, 2.05) is 4.90 Å². The first kappa shape index (κ1) is 16.1. The Hall–Kier alpha value is -1.23. The third-order valence-electron chi connectivity index (χ3n) is 3.91. The van der Waals surface area contributed by atoms with Crippen LogP contribution in [0.3, 0.4) is 0 Å². The van der Waals surface area contributed by atoms with Crippen LogP contribution >= 0.6 is 0 Å². The van der Waals surface area contributed by atoms with Gasteiger partial charge in [0, 0.05) is 30.9 Å². The molecule has 1 saturated heterocycles. The molecular formula is C16H23F3N2. The highest BCUT2D eigenvalue weighted by Crippen LogP contribution is 2.38. The number of hydrogen-bond acceptors (Lipinski definition) is 2. The van der Waals surface area contributed by atoms with Crippen molar-refractivity contribution in [1.29, 1.82) is 0 Å². The number of benzene rings is 1. The van der Waals surface area contributed by atoms with Crippen molar-refractivity contribution >= 4 is 5.69 Å². The summed E-state index contributed by atoms with van der Waals surface area (Å²) in [6, 6.07) is 6.38. The maximum Gasteiger partial charge on any atom is 0.418 e. The molecule has 1 heterocycles. The smallest absolute Gasteiger partial charge is 0.367 e. The fourth-order valence-corrected chi connectivity index (χ4v) is 2.87. The summed E-state index contributed by atoms with van der Waals surface area (Å²) >= 11 is 0. The lowest BCUT2D eigenvalue weighted by Crippen LogP contribution is -2.47. The number of nitrogens with one attached hydrogen (secondary N) is 1. The zero-order chi connectivity index (χ0) is 15.5. The third kappa shape index (κ3) is 4.13. The Morgan fingerprint density at radius 2 is 1.95 bits per heavy atom. The Kier molecular flexibility index (Phi) is 5.14. The molecule has 0 radical (unpaired) electrons. The number of anilines is 1. The second kappa shape index (κ2) is 6.69. The molecular weight excluding hydrogens is 277 g/mol. The maximum atomic E-state index is 13.2. The highest BCUT2D eigenvalue weighted by Gasteiger charge is 2.36. The van der Waals surface area contributed by atoms with Gasteiger partial charge in [0.05, 0.1) is 5.56 Å². The summed E-state index contributed by atoms with van der Waals surface area (Å²) in [4.78, 5) is 1.93. The summed E-state index contributed by atoms with van der Waals surface area (Å²) in [5.74, 6) is 0. The topological polar surface area (TPSA) is 15.3 Å². The van der Waals surface area contributed by atoms with E-state index in [1.54, 1.807) is 12.1 Å². The van der Waals surface area contributed by atoms with Gasteiger partial charge in [-0.2, -0.15) is 13.2 Å². The second-order valence-corrected chi connectivity index (χ2v) is 5.92. The zero-order valence-electron chi connectivity index (χ0n) is 12.6. The molecule has 0 spiro atoms. The molecule has 118 valence electrons. The van der Waals surface area contributed by atoms with Crippen LogP contribution in [0.4, 0.5) is 18.9 Å². The lowest BCUT2D eigenvalue weighted by atomic mass is 9.99. The van der Waals surface area contributed by atoms with Gasteiger partial charge in [0.15, 0.2) is 0 Å². The molecule has 1 aliphatic rings. The van der Waals surface area contributed by atoms with E-state index in [1.165, 1.54) is 12.1 Å². The van der Waals surface area contributed by atoms with Crippen molar-refractivity contribution in [2.75, 3.05) is 18.0 Å². The van der Waals surface area contributed by atoms with E-state index >= 15 is 0 Å². The number of halogens is 3. The molecule has 21 heavy (non-hydrogen) atoms. The summed E-state index contributed by atoms with van der Waals surface area (Å²) in [5.41, 5.74) is -0.207. The molecule has 0 amide bonds. The van der Waals surface area contributed by atoms with Crippen LogP contribution in [-0.2, 0) is 6.18 Å². The van der Waals surface area contributed by atoms with Gasteiger partial charge < -0.3 is 10.2 Å². The normalized spacial score (nSPS) is 20.1. The number of rotatable bonds is 4. The van der Waals surface area contributed by atoms with Crippen molar-refractivity contribution in [3.8, 4) is 0 Å². The summed E-state index contributed by atoms with van der Waals surface area (Å²) in [6.45, 7) is 5.52. The molecule has 2 nitrogen and oxygen atoms in total. The van der Waals surface area contributed by atoms with Crippen LogP contribution in [-0.4, -0.2) is 25.2 Å². The van der Waals surface area contributed by atoms with Crippen LogP contribution in [0, 0.1) is 0 Å². The molecule has 1 aliphatic heterocycles. The van der Waals surface area contributed by atoms with Gasteiger partial charge in [-0.1, -0.05) is 26.0 Å². The monoisotopic (exact) mass is 300 g/mol. The van der Waals surface area contributed by atoms with Gasteiger partial charge in [0.2, 0.25) is 0 Å². The van der Waals surface area contributed by atoms with E-state index in [4.69, 9.17) is 0 Å². The van der Waals surface area contributed by atoms with E-state index in [0.717, 1.165) is 25.8 Å². The average molecular weight is 300 g/mol. The van der Waals surface area contributed by atoms with Crippen molar-refractivity contribution in [3.63, 3.8) is 0 Å². The van der Waals surface area contributed by atoms with Gasteiger partial charge in [-0.3, -0.25) is 0 Å². The minimum Gasteiger partial charge on any atom is -0.367 e. The van der Waals surface area contributed by atoms with Crippen LogP contribution in [0.5, 0.6) is 0 Å². The van der Waals surface area contributed by atoms with Crippen molar-refractivity contribution in [1.82, 2.24) is 5.32 Å². The van der Waals surface area contributed by atoms with Gasteiger partial charge in [0.25, 0.3) is 0 Å². The molecule has 0 aliphatic carbocycles. The minimum absolute atomic E-state index is 0.129. The number of piperidine rings is 1. The average Bonchev–Trinajstić information content (AvgIpc) is 2.44. The van der Waals surface area contributed by atoms with Gasteiger partial charge in [0.1, 0.15) is 0 Å². The summed E-state index contributed by atoms with van der Waals surface area (Å²) < 4.78 is 39.6. The lowest BCUT2D eigenvalue weighted by Gasteiger charge is -2.39. The van der Waals surface area contributed by atoms with Crippen LogP contribution in [0.25, 0.3) is 0 Å². The predicted octanol–water partition coefficient (Wildman–Crippen LogP) is 4.06. The first-order chi connectivity index (χ1) is 9.89. The molecule has 1 fully saturated rings. The van der Waals surface area contributed by atoms with Gasteiger partial charge >= 0.3 is 6.18 Å². The molecule has 1 atom stereocenters. The Balaban J connectivity index is 2.25. The van der Waals surface area contributed by atoms with Crippen LogP contribution in [0.2, 0.25) is 0 Å². The fraction of sp³-hybridized carbons (Fsp3) is 0.625. The van der Waals surface area contributed by atoms with Crippen molar-refractivity contribution in [3.05, 3.63) is 29.8 Å². The quantitative estimate of drug-likeness (QED) is 0.902. The lowest BCUT2D eigenvalue weighted by molar-refractivity contribution is -0.137. The first-order valence-corrected chi connectivity index (χ1v) is 7.56. The Labute approximate surface area is 124 Å². The van der Waals surface area contributed by atoms with E-state index < -0.39 is 11.7 Å². The minimum atomic E-state index is -4.30. The standard InChI is InChI=1S/C16H23F3N2/c1-12(2)20-11-13-7-5-6-10-21(13)15-9-4-3-8-14(15)16(17,18)19/h3-4,8-9,12-13,20H,5-7,10-11H2,1-2H3. The Bertz CT molecular complexity index is 457. The number of hydrogen-bond donors (Lipinski definition) is 1. The van der Waals surface area contributed by atoms with E-state index in [0.29, 0.717) is 18.3 Å². The van der Waals surface area contributed by atoms with Gasteiger partial charge in [-0.15, -0.1) is 0 Å². The van der Waals surface area contributed by atoms with E-state index in [2.05, 4.69) is 19.2 Å². The second-order valence-electron chi connectivity index (χ2n) is 5.92. The highest BCUT2D eigenvalue weighted by molar-refractivity contribution is 5.56.